The molecule has 1 N–H and O–H groups in total. The Hall–Kier alpha value is -2.57. The predicted octanol–water partition coefficient (Wildman–Crippen LogP) is 3.29. The van der Waals surface area contributed by atoms with E-state index in [4.69, 9.17) is 21.1 Å². The molecule has 2 amide bonds. The smallest absolute Gasteiger partial charge is 0.261 e. The maximum Gasteiger partial charge on any atom is 0.261 e. The monoisotopic (exact) mass is 418 g/mol. The molecule has 29 heavy (non-hydrogen) atoms. The van der Waals surface area contributed by atoms with Gasteiger partial charge in [-0.05, 0) is 31.0 Å². The number of carbonyl (C=O) groups excluding carboxylic acids is 2. The summed E-state index contributed by atoms with van der Waals surface area (Å²) in [6, 6.07) is 15.8. The summed E-state index contributed by atoms with van der Waals surface area (Å²) in [5.74, 6) is -0.0877. The van der Waals surface area contributed by atoms with Crippen molar-refractivity contribution in [3.05, 3.63) is 65.2 Å². The quantitative estimate of drug-likeness (QED) is 0.568. The highest BCUT2D eigenvalue weighted by atomic mass is 35.5. The van der Waals surface area contributed by atoms with Crippen molar-refractivity contribution in [2.24, 2.45) is 0 Å². The van der Waals surface area contributed by atoms with Crippen molar-refractivity contribution in [3.63, 3.8) is 0 Å². The van der Waals surface area contributed by atoms with Gasteiger partial charge in [0.2, 0.25) is 5.91 Å². The molecule has 0 saturated heterocycles. The zero-order valence-electron chi connectivity index (χ0n) is 16.8. The highest BCUT2D eigenvalue weighted by molar-refractivity contribution is 6.32. The summed E-state index contributed by atoms with van der Waals surface area (Å²) in [4.78, 5) is 27.0. The van der Waals surface area contributed by atoms with Crippen molar-refractivity contribution in [1.29, 1.82) is 0 Å². The van der Waals surface area contributed by atoms with Crippen LogP contribution in [0.3, 0.4) is 0 Å². The summed E-state index contributed by atoms with van der Waals surface area (Å²) in [7, 11) is 1.61. The van der Waals surface area contributed by atoms with Gasteiger partial charge in [0.25, 0.3) is 5.91 Å². The van der Waals surface area contributed by atoms with Gasteiger partial charge in [-0.2, -0.15) is 0 Å². The second kappa shape index (κ2) is 12.1. The van der Waals surface area contributed by atoms with Crippen LogP contribution in [0.2, 0.25) is 5.02 Å². The lowest BCUT2D eigenvalue weighted by Gasteiger charge is -2.28. The molecule has 1 atom stereocenters. The van der Waals surface area contributed by atoms with Crippen LogP contribution in [0.1, 0.15) is 18.9 Å². The average Bonchev–Trinajstić information content (AvgIpc) is 2.74. The Balaban J connectivity index is 2.05. The number of carbonyl (C=O) groups is 2. The van der Waals surface area contributed by atoms with Crippen molar-refractivity contribution in [2.45, 2.75) is 25.9 Å². The van der Waals surface area contributed by atoms with E-state index in [2.05, 4.69) is 5.32 Å². The average molecular weight is 419 g/mol. The Bertz CT molecular complexity index is 785. The van der Waals surface area contributed by atoms with Crippen LogP contribution < -0.4 is 10.1 Å². The molecule has 0 bridgehead atoms. The van der Waals surface area contributed by atoms with Gasteiger partial charge in [0.15, 0.2) is 6.61 Å². The number of nitrogens with zero attached hydrogens (tertiary/aromatic N) is 1. The van der Waals surface area contributed by atoms with Crippen molar-refractivity contribution < 1.29 is 19.1 Å². The van der Waals surface area contributed by atoms with Crippen LogP contribution in [0.5, 0.6) is 5.75 Å². The van der Waals surface area contributed by atoms with Crippen LogP contribution in [0.4, 0.5) is 0 Å². The third kappa shape index (κ3) is 7.40. The minimum atomic E-state index is -0.653. The number of benzene rings is 2. The van der Waals surface area contributed by atoms with Gasteiger partial charge in [-0.25, -0.2) is 0 Å². The van der Waals surface area contributed by atoms with Gasteiger partial charge in [0, 0.05) is 26.8 Å². The highest BCUT2D eigenvalue weighted by Crippen LogP contribution is 2.23. The molecule has 0 fully saturated rings. The topological polar surface area (TPSA) is 67.9 Å². The second-order valence-electron chi connectivity index (χ2n) is 6.54. The fourth-order valence-corrected chi connectivity index (χ4v) is 2.91. The van der Waals surface area contributed by atoms with Gasteiger partial charge in [0.1, 0.15) is 11.8 Å². The van der Waals surface area contributed by atoms with Crippen molar-refractivity contribution in [1.82, 2.24) is 10.2 Å². The van der Waals surface area contributed by atoms with E-state index in [1.807, 2.05) is 30.3 Å². The molecule has 2 aromatic carbocycles. The van der Waals surface area contributed by atoms with Crippen LogP contribution in [0.25, 0.3) is 0 Å². The molecule has 2 rings (SSSR count). The Morgan fingerprint density at radius 1 is 1.10 bits per heavy atom. The van der Waals surface area contributed by atoms with Crippen molar-refractivity contribution >= 4 is 23.4 Å². The molecule has 0 spiro atoms. The molecule has 156 valence electrons. The molecule has 0 aliphatic heterocycles. The highest BCUT2D eigenvalue weighted by Gasteiger charge is 2.26. The Morgan fingerprint density at radius 2 is 1.79 bits per heavy atom. The van der Waals surface area contributed by atoms with E-state index in [1.54, 1.807) is 38.3 Å². The van der Waals surface area contributed by atoms with Gasteiger partial charge < -0.3 is 19.7 Å². The maximum atomic E-state index is 12.9. The fraction of sp³-hybridized carbons (Fsp3) is 0.364. The lowest BCUT2D eigenvalue weighted by molar-refractivity contribution is -0.142. The fourth-order valence-electron chi connectivity index (χ4n) is 2.72. The number of amides is 2. The molecule has 0 radical (unpaired) electrons. The van der Waals surface area contributed by atoms with Gasteiger partial charge in [0.05, 0.1) is 5.02 Å². The molecule has 0 unspecified atom stereocenters. The minimum Gasteiger partial charge on any atom is -0.482 e. The lowest BCUT2D eigenvalue weighted by Crippen LogP contribution is -2.49. The summed E-state index contributed by atoms with van der Waals surface area (Å²) in [6.07, 6.45) is 0.706. The van der Waals surface area contributed by atoms with Crippen LogP contribution in [0, 0.1) is 0 Å². The van der Waals surface area contributed by atoms with Crippen LogP contribution in [-0.2, 0) is 20.9 Å². The van der Waals surface area contributed by atoms with E-state index in [-0.39, 0.29) is 18.4 Å². The van der Waals surface area contributed by atoms with E-state index in [0.29, 0.717) is 36.9 Å². The van der Waals surface area contributed by atoms with Gasteiger partial charge >= 0.3 is 0 Å². The molecule has 0 heterocycles. The largest absolute Gasteiger partial charge is 0.482 e. The predicted molar refractivity (Wildman–Crippen MR) is 113 cm³/mol. The van der Waals surface area contributed by atoms with Crippen LogP contribution in [-0.4, -0.2) is 49.6 Å². The van der Waals surface area contributed by atoms with Crippen molar-refractivity contribution in [2.75, 3.05) is 26.9 Å². The summed E-state index contributed by atoms with van der Waals surface area (Å²) in [5.41, 5.74) is 0.928. The molecular formula is C22H27ClN2O4. The first-order valence-electron chi connectivity index (χ1n) is 9.50. The van der Waals surface area contributed by atoms with E-state index >= 15 is 0 Å². The first kappa shape index (κ1) is 22.7. The number of methoxy groups -OCH3 is 1. The number of hydrogen-bond acceptors (Lipinski definition) is 4. The number of nitrogens with one attached hydrogen (secondary N) is 1. The Morgan fingerprint density at radius 3 is 2.48 bits per heavy atom. The number of rotatable bonds is 11. The standard InChI is InChI=1S/C22H27ClN2O4/c1-17(22(27)24-13-8-14-28-2)25(15-18-9-4-3-5-10-18)21(26)16-29-20-12-7-6-11-19(20)23/h3-7,9-12,17H,8,13-16H2,1-2H3,(H,24,27)/t17-/m0/s1. The van der Waals surface area contributed by atoms with Crippen LogP contribution >= 0.6 is 11.6 Å². The summed E-state index contributed by atoms with van der Waals surface area (Å²) in [5, 5.41) is 3.28. The number of para-hydroxylation sites is 1. The van der Waals surface area contributed by atoms with Gasteiger partial charge in [-0.1, -0.05) is 54.1 Å². The third-order valence-corrected chi connectivity index (χ3v) is 4.69. The lowest BCUT2D eigenvalue weighted by atomic mass is 10.1. The zero-order chi connectivity index (χ0) is 21.1. The number of ether oxygens (including phenoxy) is 2. The van der Waals surface area contributed by atoms with E-state index in [0.717, 1.165) is 5.56 Å². The molecule has 0 aromatic heterocycles. The Kier molecular flexibility index (Phi) is 9.47. The van der Waals surface area contributed by atoms with Crippen LogP contribution in [0.15, 0.2) is 54.6 Å². The molecule has 0 saturated carbocycles. The summed E-state index contributed by atoms with van der Waals surface area (Å²) in [6.45, 7) is 2.85. The SMILES string of the molecule is COCCCNC(=O)[C@H](C)N(Cc1ccccc1)C(=O)COc1ccccc1Cl. The maximum absolute atomic E-state index is 12.9. The van der Waals surface area contributed by atoms with E-state index in [9.17, 15) is 9.59 Å². The number of hydrogen-bond donors (Lipinski definition) is 1. The Labute approximate surface area is 176 Å². The molecule has 6 nitrogen and oxygen atoms in total. The first-order valence-corrected chi connectivity index (χ1v) is 9.88. The number of halogens is 1. The molecule has 0 aliphatic carbocycles. The summed E-state index contributed by atoms with van der Waals surface area (Å²) >= 11 is 6.09. The minimum absolute atomic E-state index is 0.210. The van der Waals surface area contributed by atoms with E-state index in [1.165, 1.54) is 4.90 Å². The first-order chi connectivity index (χ1) is 14.0. The molecular weight excluding hydrogens is 392 g/mol. The second-order valence-corrected chi connectivity index (χ2v) is 6.95. The van der Waals surface area contributed by atoms with Gasteiger partial charge in [-0.3, -0.25) is 9.59 Å². The van der Waals surface area contributed by atoms with Crippen molar-refractivity contribution in [3.8, 4) is 5.75 Å². The third-order valence-electron chi connectivity index (χ3n) is 4.38. The van der Waals surface area contributed by atoms with E-state index < -0.39 is 6.04 Å². The molecule has 2 aromatic rings. The zero-order valence-corrected chi connectivity index (χ0v) is 17.5. The summed E-state index contributed by atoms with van der Waals surface area (Å²) < 4.78 is 10.6. The van der Waals surface area contributed by atoms with Gasteiger partial charge in [-0.15, -0.1) is 0 Å². The molecule has 7 heteroatoms. The normalized spacial score (nSPS) is 11.6. The molecule has 0 aliphatic rings.